The van der Waals surface area contributed by atoms with Crippen molar-refractivity contribution in [3.8, 4) is 5.75 Å². The van der Waals surface area contributed by atoms with Crippen LogP contribution in [0.5, 0.6) is 5.75 Å². The molecule has 0 heterocycles. The minimum Gasteiger partial charge on any atom is -0.494 e. The van der Waals surface area contributed by atoms with Gasteiger partial charge in [0.2, 0.25) is 0 Å². The van der Waals surface area contributed by atoms with E-state index in [2.05, 4.69) is 50.4 Å². The minimum absolute atomic E-state index is 0.412. The van der Waals surface area contributed by atoms with Gasteiger partial charge in [0.05, 0.1) is 6.61 Å². The van der Waals surface area contributed by atoms with E-state index in [0.29, 0.717) is 6.04 Å². The number of nitrogens with one attached hydrogen (secondary N) is 1. The van der Waals surface area contributed by atoms with E-state index in [9.17, 15) is 0 Å². The zero-order valence-corrected chi connectivity index (χ0v) is 10.6. The molecule has 0 spiro atoms. The second-order valence-electron chi connectivity index (χ2n) is 4.05. The van der Waals surface area contributed by atoms with Crippen molar-refractivity contribution in [1.29, 1.82) is 0 Å². The van der Waals surface area contributed by atoms with Crippen molar-refractivity contribution < 1.29 is 4.74 Å². The van der Waals surface area contributed by atoms with Crippen molar-refractivity contribution in [2.24, 2.45) is 0 Å². The van der Waals surface area contributed by atoms with Crippen LogP contribution in [0.1, 0.15) is 45.2 Å². The molecule has 0 aliphatic carbocycles. The van der Waals surface area contributed by atoms with Gasteiger partial charge in [0.1, 0.15) is 5.75 Å². The van der Waals surface area contributed by atoms with E-state index in [0.717, 1.165) is 25.3 Å². The molecule has 0 amide bonds. The molecule has 0 aliphatic rings. The van der Waals surface area contributed by atoms with Crippen LogP contribution in [0.15, 0.2) is 24.3 Å². The summed E-state index contributed by atoms with van der Waals surface area (Å²) in [5, 5.41) is 3.39. The molecule has 0 unspecified atom stereocenters. The summed E-state index contributed by atoms with van der Waals surface area (Å²) in [4.78, 5) is 0. The molecule has 2 heteroatoms. The predicted molar refractivity (Wildman–Crippen MR) is 68.9 cm³/mol. The first kappa shape index (κ1) is 13.0. The van der Waals surface area contributed by atoms with Crippen molar-refractivity contribution in [2.75, 3.05) is 13.2 Å². The van der Waals surface area contributed by atoms with Gasteiger partial charge >= 0.3 is 0 Å². The molecule has 1 rings (SSSR count). The monoisotopic (exact) mass is 221 g/mol. The zero-order chi connectivity index (χ0) is 11.8. The number of benzene rings is 1. The lowest BCUT2D eigenvalue weighted by Gasteiger charge is -2.13. The van der Waals surface area contributed by atoms with Gasteiger partial charge in [-0.25, -0.2) is 0 Å². The van der Waals surface area contributed by atoms with Crippen LogP contribution < -0.4 is 10.1 Å². The third-order valence-electron chi connectivity index (χ3n) is 2.66. The number of hydrogen-bond donors (Lipinski definition) is 1. The predicted octanol–water partition coefficient (Wildman–Crippen LogP) is 3.54. The highest BCUT2D eigenvalue weighted by Crippen LogP contribution is 2.17. The fourth-order valence-electron chi connectivity index (χ4n) is 1.61. The van der Waals surface area contributed by atoms with Crippen molar-refractivity contribution in [2.45, 2.75) is 39.7 Å². The Bertz CT molecular complexity index is 281. The molecule has 16 heavy (non-hydrogen) atoms. The molecule has 1 N–H and O–H groups in total. The SMILES string of the molecule is CCCCOc1ccc([C@@H](C)NCC)cc1. The van der Waals surface area contributed by atoms with Gasteiger partial charge in [0.25, 0.3) is 0 Å². The van der Waals surface area contributed by atoms with E-state index in [1.807, 2.05) is 0 Å². The summed E-state index contributed by atoms with van der Waals surface area (Å²) in [6.07, 6.45) is 2.30. The van der Waals surface area contributed by atoms with Crippen LogP contribution in [0.3, 0.4) is 0 Å². The lowest BCUT2D eigenvalue weighted by atomic mass is 10.1. The molecule has 2 nitrogen and oxygen atoms in total. The van der Waals surface area contributed by atoms with E-state index in [1.54, 1.807) is 0 Å². The summed E-state index contributed by atoms with van der Waals surface area (Å²) >= 11 is 0. The third-order valence-corrected chi connectivity index (χ3v) is 2.66. The van der Waals surface area contributed by atoms with Crippen molar-refractivity contribution in [1.82, 2.24) is 5.32 Å². The Hall–Kier alpha value is -1.02. The maximum atomic E-state index is 5.62. The average molecular weight is 221 g/mol. The van der Waals surface area contributed by atoms with Crippen LogP contribution >= 0.6 is 0 Å². The van der Waals surface area contributed by atoms with Crippen LogP contribution in [0.25, 0.3) is 0 Å². The fraction of sp³-hybridized carbons (Fsp3) is 0.571. The maximum Gasteiger partial charge on any atom is 0.119 e. The number of hydrogen-bond acceptors (Lipinski definition) is 2. The van der Waals surface area contributed by atoms with E-state index in [1.165, 1.54) is 12.0 Å². The minimum atomic E-state index is 0.412. The molecule has 1 aromatic rings. The normalized spacial score (nSPS) is 12.4. The molecule has 0 saturated carbocycles. The lowest BCUT2D eigenvalue weighted by Crippen LogP contribution is -2.17. The molecular formula is C14H23NO. The molecule has 0 aromatic heterocycles. The van der Waals surface area contributed by atoms with Crippen molar-refractivity contribution in [3.05, 3.63) is 29.8 Å². The van der Waals surface area contributed by atoms with Crippen LogP contribution in [0.2, 0.25) is 0 Å². The summed E-state index contributed by atoms with van der Waals surface area (Å²) in [6.45, 7) is 8.29. The van der Waals surface area contributed by atoms with Crippen LogP contribution in [-0.2, 0) is 0 Å². The molecule has 0 bridgehead atoms. The van der Waals surface area contributed by atoms with Gasteiger partial charge in [-0.05, 0) is 37.6 Å². The van der Waals surface area contributed by atoms with Crippen molar-refractivity contribution >= 4 is 0 Å². The van der Waals surface area contributed by atoms with Crippen molar-refractivity contribution in [3.63, 3.8) is 0 Å². The first-order valence-electron chi connectivity index (χ1n) is 6.24. The molecule has 0 saturated heterocycles. The Morgan fingerprint density at radius 2 is 1.88 bits per heavy atom. The van der Waals surface area contributed by atoms with E-state index < -0.39 is 0 Å². The average Bonchev–Trinajstić information content (AvgIpc) is 2.30. The highest BCUT2D eigenvalue weighted by Gasteiger charge is 2.03. The lowest BCUT2D eigenvalue weighted by molar-refractivity contribution is 0.309. The molecule has 1 atom stereocenters. The highest BCUT2D eigenvalue weighted by atomic mass is 16.5. The quantitative estimate of drug-likeness (QED) is 0.711. The number of ether oxygens (including phenoxy) is 1. The first-order valence-corrected chi connectivity index (χ1v) is 6.24. The molecule has 90 valence electrons. The Kier molecular flexibility index (Phi) is 5.94. The molecule has 0 fully saturated rings. The number of rotatable bonds is 7. The number of unbranched alkanes of at least 4 members (excludes halogenated alkanes) is 1. The van der Waals surface area contributed by atoms with E-state index in [-0.39, 0.29) is 0 Å². The second-order valence-corrected chi connectivity index (χ2v) is 4.05. The Morgan fingerprint density at radius 3 is 2.44 bits per heavy atom. The fourth-order valence-corrected chi connectivity index (χ4v) is 1.61. The summed E-state index contributed by atoms with van der Waals surface area (Å²) in [6, 6.07) is 8.79. The van der Waals surface area contributed by atoms with Crippen LogP contribution in [0.4, 0.5) is 0 Å². The van der Waals surface area contributed by atoms with Gasteiger partial charge in [0, 0.05) is 6.04 Å². The molecule has 0 aliphatic heterocycles. The highest BCUT2D eigenvalue weighted by molar-refractivity contribution is 5.28. The van der Waals surface area contributed by atoms with E-state index in [4.69, 9.17) is 4.74 Å². The summed E-state index contributed by atoms with van der Waals surface area (Å²) in [5.41, 5.74) is 1.31. The molecular weight excluding hydrogens is 198 g/mol. The Morgan fingerprint density at radius 1 is 1.19 bits per heavy atom. The van der Waals surface area contributed by atoms with Gasteiger partial charge in [-0.1, -0.05) is 32.4 Å². The topological polar surface area (TPSA) is 21.3 Å². The zero-order valence-electron chi connectivity index (χ0n) is 10.6. The largest absolute Gasteiger partial charge is 0.494 e. The summed E-state index contributed by atoms with van der Waals surface area (Å²) in [5.74, 6) is 0.973. The second kappa shape index (κ2) is 7.29. The van der Waals surface area contributed by atoms with Gasteiger partial charge in [-0.3, -0.25) is 0 Å². The maximum absolute atomic E-state index is 5.62. The Balaban J connectivity index is 2.47. The summed E-state index contributed by atoms with van der Waals surface area (Å²) in [7, 11) is 0. The van der Waals surface area contributed by atoms with E-state index >= 15 is 0 Å². The molecule has 1 aromatic carbocycles. The van der Waals surface area contributed by atoms with Gasteiger partial charge in [-0.2, -0.15) is 0 Å². The third kappa shape index (κ3) is 4.23. The smallest absolute Gasteiger partial charge is 0.119 e. The van der Waals surface area contributed by atoms with Crippen LogP contribution in [-0.4, -0.2) is 13.2 Å². The standard InChI is InChI=1S/C14H23NO/c1-4-6-11-16-14-9-7-13(8-10-14)12(3)15-5-2/h7-10,12,15H,4-6,11H2,1-3H3/t12-/m1/s1. The van der Waals surface area contributed by atoms with Gasteiger partial charge in [0.15, 0.2) is 0 Å². The van der Waals surface area contributed by atoms with Gasteiger partial charge in [-0.15, -0.1) is 0 Å². The summed E-state index contributed by atoms with van der Waals surface area (Å²) < 4.78 is 5.62. The van der Waals surface area contributed by atoms with Gasteiger partial charge < -0.3 is 10.1 Å². The van der Waals surface area contributed by atoms with Crippen LogP contribution in [0, 0.1) is 0 Å². The Labute approximate surface area is 99.0 Å². The first-order chi connectivity index (χ1) is 7.77. The molecule has 0 radical (unpaired) electrons.